The van der Waals surface area contributed by atoms with E-state index in [1.807, 2.05) is 16.8 Å². The second-order valence-corrected chi connectivity index (χ2v) is 4.42. The van der Waals surface area contributed by atoms with Gasteiger partial charge in [-0.3, -0.25) is 0 Å². The topological polar surface area (TPSA) is 75.4 Å². The fourth-order valence-corrected chi connectivity index (χ4v) is 2.16. The van der Waals surface area contributed by atoms with Crippen molar-refractivity contribution in [3.63, 3.8) is 0 Å². The lowest BCUT2D eigenvalue weighted by Crippen LogP contribution is -1.94. The van der Waals surface area contributed by atoms with E-state index in [0.717, 1.165) is 5.69 Å². The van der Waals surface area contributed by atoms with Gasteiger partial charge < -0.3 is 14.8 Å². The predicted molar refractivity (Wildman–Crippen MR) is 68.6 cm³/mol. The molecular formula is C12H8N2O3S. The summed E-state index contributed by atoms with van der Waals surface area (Å²) in [5.74, 6) is -0.986. The predicted octanol–water partition coefficient (Wildman–Crippen LogP) is 3.33. The standard InChI is InChI=1S/C12H8N2O3S/c15-11(16)7-1-2-9-10(5-7)17-12(14-9)13-8-3-4-18-6-8/h1-6H,(H,13,14)(H,15,16). The molecule has 0 saturated heterocycles. The highest BCUT2D eigenvalue weighted by Crippen LogP contribution is 2.24. The van der Waals surface area contributed by atoms with E-state index in [1.54, 1.807) is 17.4 Å². The summed E-state index contributed by atoms with van der Waals surface area (Å²) in [6.45, 7) is 0. The van der Waals surface area contributed by atoms with Crippen LogP contribution < -0.4 is 5.32 Å². The molecule has 90 valence electrons. The Bertz CT molecular complexity index is 703. The Morgan fingerprint density at radius 1 is 1.39 bits per heavy atom. The van der Waals surface area contributed by atoms with Gasteiger partial charge in [0.05, 0.1) is 11.3 Å². The number of fused-ring (bicyclic) bond motifs is 1. The van der Waals surface area contributed by atoms with Crippen LogP contribution in [0.25, 0.3) is 11.1 Å². The molecule has 2 aromatic heterocycles. The van der Waals surface area contributed by atoms with Crippen LogP contribution in [0, 0.1) is 0 Å². The minimum absolute atomic E-state index is 0.181. The van der Waals surface area contributed by atoms with Gasteiger partial charge >= 0.3 is 5.97 Å². The number of carboxylic acids is 1. The molecule has 0 aliphatic rings. The summed E-state index contributed by atoms with van der Waals surface area (Å²) in [5, 5.41) is 15.8. The van der Waals surface area contributed by atoms with Gasteiger partial charge in [0.1, 0.15) is 5.52 Å². The molecule has 0 saturated carbocycles. The van der Waals surface area contributed by atoms with Gasteiger partial charge in [-0.25, -0.2) is 4.79 Å². The third-order valence-corrected chi connectivity index (χ3v) is 3.09. The first kappa shape index (κ1) is 10.8. The number of nitrogens with zero attached hydrogens (tertiary/aromatic N) is 1. The number of nitrogens with one attached hydrogen (secondary N) is 1. The van der Waals surface area contributed by atoms with Crippen molar-refractivity contribution in [2.75, 3.05) is 5.32 Å². The number of rotatable bonds is 3. The van der Waals surface area contributed by atoms with Crippen molar-refractivity contribution in [1.82, 2.24) is 4.98 Å². The first-order chi connectivity index (χ1) is 8.72. The summed E-state index contributed by atoms with van der Waals surface area (Å²) < 4.78 is 5.45. The molecule has 0 radical (unpaired) electrons. The molecular weight excluding hydrogens is 252 g/mol. The lowest BCUT2D eigenvalue weighted by atomic mass is 10.2. The SMILES string of the molecule is O=C(O)c1ccc2nc(Nc3ccsc3)oc2c1. The highest BCUT2D eigenvalue weighted by Gasteiger charge is 2.09. The van der Waals surface area contributed by atoms with Crippen molar-refractivity contribution in [3.8, 4) is 0 Å². The molecule has 18 heavy (non-hydrogen) atoms. The van der Waals surface area contributed by atoms with E-state index in [1.165, 1.54) is 12.1 Å². The molecule has 0 bridgehead atoms. The van der Waals surface area contributed by atoms with E-state index >= 15 is 0 Å². The number of hydrogen-bond donors (Lipinski definition) is 2. The Morgan fingerprint density at radius 2 is 2.28 bits per heavy atom. The number of aromatic carboxylic acids is 1. The molecule has 0 aliphatic heterocycles. The molecule has 0 amide bonds. The fourth-order valence-electron chi connectivity index (χ4n) is 1.57. The van der Waals surface area contributed by atoms with E-state index in [0.29, 0.717) is 17.1 Å². The monoisotopic (exact) mass is 260 g/mol. The van der Waals surface area contributed by atoms with Crippen LogP contribution >= 0.6 is 11.3 Å². The van der Waals surface area contributed by atoms with Crippen molar-refractivity contribution in [2.45, 2.75) is 0 Å². The van der Waals surface area contributed by atoms with Crippen LogP contribution in [-0.4, -0.2) is 16.1 Å². The molecule has 1 aromatic carbocycles. The number of carboxylic acid groups (broad SMARTS) is 1. The van der Waals surface area contributed by atoms with Crippen LogP contribution in [-0.2, 0) is 0 Å². The number of aromatic nitrogens is 1. The van der Waals surface area contributed by atoms with Gasteiger partial charge in [0.2, 0.25) is 0 Å². The van der Waals surface area contributed by atoms with E-state index in [4.69, 9.17) is 9.52 Å². The number of carbonyl (C=O) groups is 1. The summed E-state index contributed by atoms with van der Waals surface area (Å²) in [5.41, 5.74) is 2.15. The van der Waals surface area contributed by atoms with Gasteiger partial charge in [-0.15, -0.1) is 0 Å². The molecule has 2 heterocycles. The zero-order chi connectivity index (χ0) is 12.5. The van der Waals surface area contributed by atoms with E-state index < -0.39 is 5.97 Å². The largest absolute Gasteiger partial charge is 0.478 e. The normalized spacial score (nSPS) is 10.7. The first-order valence-corrected chi connectivity index (χ1v) is 6.10. The third kappa shape index (κ3) is 1.93. The quantitative estimate of drug-likeness (QED) is 0.755. The molecule has 2 N–H and O–H groups in total. The molecule has 0 unspecified atom stereocenters. The number of oxazole rings is 1. The molecule has 0 spiro atoms. The summed E-state index contributed by atoms with van der Waals surface area (Å²) in [6.07, 6.45) is 0. The van der Waals surface area contributed by atoms with Crippen molar-refractivity contribution in [3.05, 3.63) is 40.6 Å². The lowest BCUT2D eigenvalue weighted by Gasteiger charge is -1.94. The van der Waals surface area contributed by atoms with Crippen molar-refractivity contribution in [1.29, 1.82) is 0 Å². The zero-order valence-electron chi connectivity index (χ0n) is 9.08. The number of anilines is 2. The van der Waals surface area contributed by atoms with Crippen LogP contribution in [0.15, 0.2) is 39.4 Å². The third-order valence-electron chi connectivity index (χ3n) is 2.41. The Morgan fingerprint density at radius 3 is 3.00 bits per heavy atom. The second-order valence-electron chi connectivity index (χ2n) is 3.64. The van der Waals surface area contributed by atoms with Crippen molar-refractivity contribution >= 4 is 40.1 Å². The second kappa shape index (κ2) is 4.15. The van der Waals surface area contributed by atoms with Crippen LogP contribution in [0.1, 0.15) is 10.4 Å². The maximum Gasteiger partial charge on any atom is 0.335 e. The molecule has 3 rings (SSSR count). The van der Waals surface area contributed by atoms with E-state index in [9.17, 15) is 4.79 Å². The highest BCUT2D eigenvalue weighted by molar-refractivity contribution is 7.08. The lowest BCUT2D eigenvalue weighted by molar-refractivity contribution is 0.0697. The highest BCUT2D eigenvalue weighted by atomic mass is 32.1. The van der Waals surface area contributed by atoms with Crippen LogP contribution in [0.4, 0.5) is 11.7 Å². The molecule has 3 aromatic rings. The maximum atomic E-state index is 10.8. The smallest absolute Gasteiger partial charge is 0.335 e. The Balaban J connectivity index is 1.98. The molecule has 5 nitrogen and oxygen atoms in total. The number of thiophene rings is 1. The van der Waals surface area contributed by atoms with Crippen LogP contribution in [0.2, 0.25) is 0 Å². The summed E-state index contributed by atoms with van der Waals surface area (Å²) >= 11 is 1.56. The molecule has 6 heteroatoms. The average molecular weight is 260 g/mol. The Labute approximate surface area is 106 Å². The fraction of sp³-hybridized carbons (Fsp3) is 0. The van der Waals surface area contributed by atoms with Gasteiger partial charge in [0, 0.05) is 5.38 Å². The van der Waals surface area contributed by atoms with Crippen LogP contribution in [0.5, 0.6) is 0 Å². The minimum Gasteiger partial charge on any atom is -0.478 e. The van der Waals surface area contributed by atoms with Crippen LogP contribution in [0.3, 0.4) is 0 Å². The Kier molecular flexibility index (Phi) is 2.49. The van der Waals surface area contributed by atoms with Crippen molar-refractivity contribution in [2.24, 2.45) is 0 Å². The van der Waals surface area contributed by atoms with Gasteiger partial charge in [-0.1, -0.05) is 0 Å². The molecule has 0 fully saturated rings. The van der Waals surface area contributed by atoms with Gasteiger partial charge in [-0.2, -0.15) is 16.3 Å². The first-order valence-electron chi connectivity index (χ1n) is 5.15. The maximum absolute atomic E-state index is 10.8. The minimum atomic E-state index is -0.986. The molecule has 0 atom stereocenters. The Hall–Kier alpha value is -2.34. The number of hydrogen-bond acceptors (Lipinski definition) is 5. The summed E-state index contributed by atoms with van der Waals surface area (Å²) in [6, 6.07) is 6.85. The zero-order valence-corrected chi connectivity index (χ0v) is 9.90. The van der Waals surface area contributed by atoms with E-state index in [2.05, 4.69) is 10.3 Å². The summed E-state index contributed by atoms with van der Waals surface area (Å²) in [7, 11) is 0. The molecule has 0 aliphatic carbocycles. The van der Waals surface area contributed by atoms with Gasteiger partial charge in [0.15, 0.2) is 5.58 Å². The number of benzene rings is 1. The summed E-state index contributed by atoms with van der Waals surface area (Å²) in [4.78, 5) is 15.1. The van der Waals surface area contributed by atoms with Gasteiger partial charge in [0.25, 0.3) is 6.01 Å². The average Bonchev–Trinajstić information content (AvgIpc) is 2.96. The van der Waals surface area contributed by atoms with Crippen molar-refractivity contribution < 1.29 is 14.3 Å². The van der Waals surface area contributed by atoms with E-state index in [-0.39, 0.29) is 5.56 Å². The van der Waals surface area contributed by atoms with Gasteiger partial charge in [-0.05, 0) is 29.6 Å².